The number of hydrogen-bond acceptors (Lipinski definition) is 7. The van der Waals surface area contributed by atoms with Crippen molar-refractivity contribution in [2.75, 3.05) is 37.6 Å². The predicted molar refractivity (Wildman–Crippen MR) is 131 cm³/mol. The summed E-state index contributed by atoms with van der Waals surface area (Å²) in [4.78, 5) is 27.9. The minimum absolute atomic E-state index is 0.0373. The maximum absolute atomic E-state index is 13.6. The van der Waals surface area contributed by atoms with Crippen LogP contribution >= 0.6 is 0 Å². The van der Waals surface area contributed by atoms with E-state index in [2.05, 4.69) is 5.32 Å². The zero-order valence-electron chi connectivity index (χ0n) is 20.3. The van der Waals surface area contributed by atoms with Gasteiger partial charge in [0.15, 0.2) is 11.5 Å². The molecule has 10 nitrogen and oxygen atoms in total. The number of likely N-dealkylation sites (N-methyl/N-ethyl adjacent to an activating group) is 1. The van der Waals surface area contributed by atoms with E-state index in [1.54, 1.807) is 51.3 Å². The van der Waals surface area contributed by atoms with Gasteiger partial charge < -0.3 is 24.4 Å². The van der Waals surface area contributed by atoms with Gasteiger partial charge in [0.05, 0.1) is 19.1 Å². The Hall–Kier alpha value is -3.47. The summed E-state index contributed by atoms with van der Waals surface area (Å²) in [5, 5.41) is 2.76. The molecular weight excluding hydrogens is 474 g/mol. The minimum atomic E-state index is -3.84. The van der Waals surface area contributed by atoms with Gasteiger partial charge in [-0.1, -0.05) is 19.1 Å². The molecule has 0 radical (unpaired) electrons. The lowest BCUT2D eigenvalue weighted by molar-refractivity contribution is -0.140. The van der Waals surface area contributed by atoms with Gasteiger partial charge in [0.1, 0.15) is 18.3 Å². The molecule has 2 amide bonds. The Kier molecular flexibility index (Phi) is 8.44. The van der Waals surface area contributed by atoms with Gasteiger partial charge in [0.2, 0.25) is 28.6 Å². The second-order valence-corrected chi connectivity index (χ2v) is 9.91. The molecule has 1 N–H and O–H groups in total. The fraction of sp³-hybridized carbons (Fsp3) is 0.417. The number of hydrogen-bond donors (Lipinski definition) is 1. The summed E-state index contributed by atoms with van der Waals surface area (Å²) in [6, 6.07) is 11.0. The quantitative estimate of drug-likeness (QED) is 0.498. The van der Waals surface area contributed by atoms with E-state index in [1.807, 2.05) is 6.07 Å². The van der Waals surface area contributed by atoms with E-state index < -0.39 is 28.5 Å². The average molecular weight is 506 g/mol. The van der Waals surface area contributed by atoms with E-state index >= 15 is 0 Å². The van der Waals surface area contributed by atoms with Gasteiger partial charge >= 0.3 is 0 Å². The van der Waals surface area contributed by atoms with Gasteiger partial charge in [-0.3, -0.25) is 13.9 Å². The van der Waals surface area contributed by atoms with E-state index in [1.165, 1.54) is 11.0 Å². The zero-order valence-corrected chi connectivity index (χ0v) is 21.1. The molecule has 0 saturated carbocycles. The number of rotatable bonds is 11. The van der Waals surface area contributed by atoms with E-state index in [0.717, 1.165) is 16.1 Å². The molecule has 1 aliphatic heterocycles. The highest BCUT2D eigenvalue weighted by molar-refractivity contribution is 7.92. The second kappa shape index (κ2) is 11.3. The first-order chi connectivity index (χ1) is 16.7. The van der Waals surface area contributed by atoms with Crippen LogP contribution in [0.4, 0.5) is 5.69 Å². The Morgan fingerprint density at radius 1 is 1.11 bits per heavy atom. The van der Waals surface area contributed by atoms with E-state index in [-0.39, 0.29) is 24.9 Å². The van der Waals surface area contributed by atoms with Gasteiger partial charge in [0.25, 0.3) is 0 Å². The van der Waals surface area contributed by atoms with Gasteiger partial charge in [-0.2, -0.15) is 0 Å². The molecule has 1 atom stereocenters. The van der Waals surface area contributed by atoms with Crippen LogP contribution in [0.3, 0.4) is 0 Å². The fourth-order valence-electron chi connectivity index (χ4n) is 3.83. The molecule has 11 heteroatoms. The molecular formula is C24H31N3O7S. The number of nitrogens with one attached hydrogen (secondary N) is 1. The third-order valence-electron chi connectivity index (χ3n) is 5.55. The van der Waals surface area contributed by atoms with Crippen LogP contribution in [-0.2, 0) is 26.2 Å². The van der Waals surface area contributed by atoms with Crippen LogP contribution in [0.1, 0.15) is 25.8 Å². The number of carbonyl (C=O) groups excluding carboxylic acids is 2. The highest BCUT2D eigenvalue weighted by Gasteiger charge is 2.32. The van der Waals surface area contributed by atoms with Crippen molar-refractivity contribution in [3.63, 3.8) is 0 Å². The smallest absolute Gasteiger partial charge is 0.244 e. The Morgan fingerprint density at radius 2 is 1.86 bits per heavy atom. The van der Waals surface area contributed by atoms with Crippen molar-refractivity contribution in [2.45, 2.75) is 32.9 Å². The molecule has 0 bridgehead atoms. The summed E-state index contributed by atoms with van der Waals surface area (Å²) in [5.74, 6) is 0.675. The monoisotopic (exact) mass is 505 g/mol. The van der Waals surface area contributed by atoms with Gasteiger partial charge in [-0.25, -0.2) is 8.42 Å². The molecule has 35 heavy (non-hydrogen) atoms. The number of carbonyl (C=O) groups is 2. The lowest BCUT2D eigenvalue weighted by Gasteiger charge is -2.32. The van der Waals surface area contributed by atoms with Crippen molar-refractivity contribution in [2.24, 2.45) is 0 Å². The van der Waals surface area contributed by atoms with Crippen molar-refractivity contribution in [1.82, 2.24) is 10.2 Å². The zero-order chi connectivity index (χ0) is 25.6. The highest BCUT2D eigenvalue weighted by atomic mass is 32.2. The fourth-order valence-corrected chi connectivity index (χ4v) is 4.67. The number of amides is 2. The second-order valence-electron chi connectivity index (χ2n) is 8.00. The SMILES string of the molecule is CCNC(=O)C(CC)N(Cc1cccc(OC)c1)C(=O)CN(c1ccc2c(c1)OCO2)S(C)(=O)=O. The number of methoxy groups -OCH3 is 1. The number of sulfonamides is 1. The predicted octanol–water partition coefficient (Wildman–Crippen LogP) is 2.13. The van der Waals surface area contributed by atoms with Crippen molar-refractivity contribution in [3.8, 4) is 17.2 Å². The average Bonchev–Trinajstić information content (AvgIpc) is 3.29. The number of nitrogens with zero attached hydrogens (tertiary/aromatic N) is 2. The summed E-state index contributed by atoms with van der Waals surface area (Å²) in [6.07, 6.45) is 1.38. The van der Waals surface area contributed by atoms with E-state index in [0.29, 0.717) is 30.2 Å². The largest absolute Gasteiger partial charge is 0.497 e. The molecule has 0 aliphatic carbocycles. The summed E-state index contributed by atoms with van der Waals surface area (Å²) < 4.78 is 42.3. The third kappa shape index (κ3) is 6.36. The van der Waals surface area contributed by atoms with Crippen LogP contribution in [0.2, 0.25) is 0 Å². The summed E-state index contributed by atoms with van der Waals surface area (Å²) in [6.45, 7) is 3.66. The molecule has 1 unspecified atom stereocenters. The van der Waals surface area contributed by atoms with E-state index in [9.17, 15) is 18.0 Å². The first-order valence-corrected chi connectivity index (χ1v) is 13.1. The number of fused-ring (bicyclic) bond motifs is 1. The molecule has 3 rings (SSSR count). The molecule has 0 fully saturated rings. The van der Waals surface area contributed by atoms with Crippen LogP contribution < -0.4 is 23.8 Å². The molecule has 0 aromatic heterocycles. The van der Waals surface area contributed by atoms with Crippen LogP contribution in [-0.4, -0.2) is 64.4 Å². The topological polar surface area (TPSA) is 114 Å². The summed E-state index contributed by atoms with van der Waals surface area (Å²) >= 11 is 0. The lowest BCUT2D eigenvalue weighted by Crippen LogP contribution is -2.52. The standard InChI is InChI=1S/C24H31N3O7S/c1-5-20(24(29)25-6-2)26(14-17-8-7-9-19(12-17)32-3)23(28)15-27(35(4,30)31)18-10-11-21-22(13-18)34-16-33-21/h7-13,20H,5-6,14-16H2,1-4H3,(H,25,29). The van der Waals surface area contributed by atoms with Crippen molar-refractivity contribution in [1.29, 1.82) is 0 Å². The van der Waals surface area contributed by atoms with Crippen molar-refractivity contribution in [3.05, 3.63) is 48.0 Å². The highest BCUT2D eigenvalue weighted by Crippen LogP contribution is 2.36. The molecule has 2 aromatic rings. The van der Waals surface area contributed by atoms with Crippen LogP contribution in [0.15, 0.2) is 42.5 Å². The first-order valence-electron chi connectivity index (χ1n) is 11.2. The molecule has 1 heterocycles. The summed E-state index contributed by atoms with van der Waals surface area (Å²) in [7, 11) is -2.30. The Bertz CT molecular complexity index is 1170. The number of benzene rings is 2. The van der Waals surface area contributed by atoms with Crippen molar-refractivity contribution >= 4 is 27.5 Å². The molecule has 1 aliphatic rings. The molecule has 190 valence electrons. The van der Waals surface area contributed by atoms with Crippen LogP contribution in [0, 0.1) is 0 Å². The Labute approximate surface area is 205 Å². The normalized spacial score (nSPS) is 13.1. The maximum Gasteiger partial charge on any atom is 0.244 e. The third-order valence-corrected chi connectivity index (χ3v) is 6.69. The van der Waals surface area contributed by atoms with Gasteiger partial charge in [-0.15, -0.1) is 0 Å². The van der Waals surface area contributed by atoms with Crippen LogP contribution in [0.5, 0.6) is 17.2 Å². The lowest BCUT2D eigenvalue weighted by atomic mass is 10.1. The van der Waals surface area contributed by atoms with Crippen molar-refractivity contribution < 1.29 is 32.2 Å². The molecule has 0 spiro atoms. The van der Waals surface area contributed by atoms with Gasteiger partial charge in [-0.05, 0) is 43.2 Å². The molecule has 2 aromatic carbocycles. The Morgan fingerprint density at radius 3 is 2.51 bits per heavy atom. The maximum atomic E-state index is 13.6. The Balaban J connectivity index is 1.95. The van der Waals surface area contributed by atoms with E-state index in [4.69, 9.17) is 14.2 Å². The first kappa shape index (κ1) is 26.1. The molecule has 0 saturated heterocycles. The summed E-state index contributed by atoms with van der Waals surface area (Å²) in [5.41, 5.74) is 1.01. The van der Waals surface area contributed by atoms with Crippen LogP contribution in [0.25, 0.3) is 0 Å². The number of ether oxygens (including phenoxy) is 3. The minimum Gasteiger partial charge on any atom is -0.497 e. The number of anilines is 1. The van der Waals surface area contributed by atoms with Gasteiger partial charge in [0, 0.05) is 19.2 Å².